The summed E-state index contributed by atoms with van der Waals surface area (Å²) in [6, 6.07) is 10.4. The van der Waals surface area contributed by atoms with E-state index in [0.717, 1.165) is 11.1 Å². The van der Waals surface area contributed by atoms with Gasteiger partial charge in [-0.1, -0.05) is 38.1 Å². The van der Waals surface area contributed by atoms with Crippen molar-refractivity contribution in [3.05, 3.63) is 58.8 Å². The summed E-state index contributed by atoms with van der Waals surface area (Å²) >= 11 is 0. The van der Waals surface area contributed by atoms with Crippen LogP contribution >= 0.6 is 0 Å². The van der Waals surface area contributed by atoms with Gasteiger partial charge in [0.2, 0.25) is 0 Å². The Morgan fingerprint density at radius 2 is 2.00 bits per heavy atom. The Balaban J connectivity index is 1.99. The second-order valence-corrected chi connectivity index (χ2v) is 7.70. The minimum Gasteiger partial charge on any atom is -0.495 e. The molecule has 7 nitrogen and oxygen atoms in total. The van der Waals surface area contributed by atoms with Gasteiger partial charge in [-0.05, 0) is 42.7 Å². The third-order valence-electron chi connectivity index (χ3n) is 5.20. The number of nitrogens with one attached hydrogen (secondary N) is 2. The highest BCUT2D eigenvalue weighted by molar-refractivity contribution is 6.05. The number of rotatable bonds is 8. The lowest BCUT2D eigenvalue weighted by Gasteiger charge is -2.20. The van der Waals surface area contributed by atoms with Crippen LogP contribution in [-0.2, 0) is 0 Å². The number of aliphatic hydroxyl groups excluding tert-OH is 1. The molecule has 3 rings (SSSR count). The summed E-state index contributed by atoms with van der Waals surface area (Å²) in [5.74, 6) is 0.167. The molecule has 0 aliphatic heterocycles. The van der Waals surface area contributed by atoms with E-state index in [1.165, 1.54) is 14.0 Å². The number of ether oxygens (including phenoxy) is 1. The molecule has 0 aliphatic rings. The molecule has 7 heteroatoms. The number of Topliss-reactive ketones (excluding diaryl/α,β-unsaturated/α-hetero) is 1. The first-order chi connectivity index (χ1) is 14.8. The number of amides is 1. The van der Waals surface area contributed by atoms with Crippen molar-refractivity contribution in [2.75, 3.05) is 13.7 Å². The van der Waals surface area contributed by atoms with Crippen LogP contribution in [0, 0.1) is 5.92 Å². The molecule has 1 aromatic heterocycles. The van der Waals surface area contributed by atoms with Gasteiger partial charge in [0, 0.05) is 5.56 Å². The van der Waals surface area contributed by atoms with Crippen molar-refractivity contribution in [3.63, 3.8) is 0 Å². The fraction of sp³-hybridized carbons (Fsp3) is 0.292. The van der Waals surface area contributed by atoms with Crippen molar-refractivity contribution >= 4 is 34.7 Å². The third-order valence-corrected chi connectivity index (χ3v) is 5.20. The zero-order valence-electron chi connectivity index (χ0n) is 18.1. The second-order valence-electron chi connectivity index (χ2n) is 7.70. The first-order valence-electron chi connectivity index (χ1n) is 10.1. The molecule has 1 heterocycles. The van der Waals surface area contributed by atoms with Crippen molar-refractivity contribution in [3.8, 4) is 5.75 Å². The SMILES string of the molecule is COc1c(C(=O)NC(CO)C(C)C)ccc2[nH]nc(C=Cc3cccc(C(C)=O)c3)c12. The lowest BCUT2D eigenvalue weighted by atomic mass is 10.0. The average Bonchev–Trinajstić information content (AvgIpc) is 3.18. The first-order valence-corrected chi connectivity index (χ1v) is 10.1. The molecule has 0 aliphatic carbocycles. The zero-order valence-corrected chi connectivity index (χ0v) is 18.1. The number of aromatic nitrogens is 2. The highest BCUT2D eigenvalue weighted by Crippen LogP contribution is 2.32. The summed E-state index contributed by atoms with van der Waals surface area (Å²) in [6.45, 7) is 5.25. The number of methoxy groups -OCH3 is 1. The molecule has 31 heavy (non-hydrogen) atoms. The molecule has 0 saturated carbocycles. The van der Waals surface area contributed by atoms with Crippen LogP contribution in [0.4, 0.5) is 0 Å². The number of nitrogens with zero attached hydrogens (tertiary/aromatic N) is 1. The summed E-state index contributed by atoms with van der Waals surface area (Å²) in [4.78, 5) is 24.5. The van der Waals surface area contributed by atoms with Gasteiger partial charge in [-0.15, -0.1) is 0 Å². The summed E-state index contributed by atoms with van der Waals surface area (Å²) in [5, 5.41) is 20.4. The molecule has 0 radical (unpaired) electrons. The van der Waals surface area contributed by atoms with E-state index in [4.69, 9.17) is 4.74 Å². The molecule has 1 amide bonds. The van der Waals surface area contributed by atoms with Crippen molar-refractivity contribution in [1.82, 2.24) is 15.5 Å². The van der Waals surface area contributed by atoms with E-state index >= 15 is 0 Å². The number of aliphatic hydroxyl groups is 1. The molecule has 0 bridgehead atoms. The van der Waals surface area contributed by atoms with Crippen LogP contribution in [0.5, 0.6) is 5.75 Å². The van der Waals surface area contributed by atoms with E-state index in [1.54, 1.807) is 18.2 Å². The maximum Gasteiger partial charge on any atom is 0.255 e. The molecule has 3 aromatic rings. The summed E-state index contributed by atoms with van der Waals surface area (Å²) in [7, 11) is 1.51. The molecule has 162 valence electrons. The summed E-state index contributed by atoms with van der Waals surface area (Å²) < 4.78 is 5.60. The monoisotopic (exact) mass is 421 g/mol. The van der Waals surface area contributed by atoms with Gasteiger partial charge in [0.1, 0.15) is 5.75 Å². The number of ketones is 1. The third kappa shape index (κ3) is 4.83. The zero-order chi connectivity index (χ0) is 22.5. The summed E-state index contributed by atoms with van der Waals surface area (Å²) in [5.41, 5.74) is 3.20. The summed E-state index contributed by atoms with van der Waals surface area (Å²) in [6.07, 6.45) is 3.67. The molecule has 0 saturated heterocycles. The second kappa shape index (κ2) is 9.57. The normalized spacial score (nSPS) is 12.5. The van der Waals surface area contributed by atoms with Gasteiger partial charge in [0.15, 0.2) is 5.78 Å². The number of benzene rings is 2. The lowest BCUT2D eigenvalue weighted by molar-refractivity contribution is 0.0893. The molecular formula is C24H27N3O4. The quantitative estimate of drug-likeness (QED) is 0.481. The van der Waals surface area contributed by atoms with E-state index in [-0.39, 0.29) is 30.3 Å². The molecule has 0 fully saturated rings. The Hall–Kier alpha value is -3.45. The Morgan fingerprint density at radius 3 is 2.65 bits per heavy atom. The largest absolute Gasteiger partial charge is 0.495 e. The number of hydrogen-bond acceptors (Lipinski definition) is 5. The molecular weight excluding hydrogens is 394 g/mol. The smallest absolute Gasteiger partial charge is 0.255 e. The number of carbonyl (C=O) groups is 2. The molecule has 1 atom stereocenters. The van der Waals surface area contributed by atoms with E-state index in [0.29, 0.717) is 28.0 Å². The van der Waals surface area contributed by atoms with E-state index < -0.39 is 0 Å². The van der Waals surface area contributed by atoms with Gasteiger partial charge in [-0.25, -0.2) is 0 Å². The molecule has 3 N–H and O–H groups in total. The van der Waals surface area contributed by atoms with Crippen LogP contribution in [0.2, 0.25) is 0 Å². The van der Waals surface area contributed by atoms with Crippen molar-refractivity contribution in [1.29, 1.82) is 0 Å². The fourth-order valence-electron chi connectivity index (χ4n) is 3.32. The topological polar surface area (TPSA) is 104 Å². The van der Waals surface area contributed by atoms with E-state index in [2.05, 4.69) is 15.5 Å². The van der Waals surface area contributed by atoms with Gasteiger partial charge in [0.25, 0.3) is 5.91 Å². The molecule has 0 spiro atoms. The highest BCUT2D eigenvalue weighted by Gasteiger charge is 2.22. The van der Waals surface area contributed by atoms with Crippen LogP contribution in [0.1, 0.15) is 52.7 Å². The first kappa shape index (κ1) is 22.2. The minimum atomic E-state index is -0.356. The Kier molecular flexibility index (Phi) is 6.87. The number of fused-ring (bicyclic) bond motifs is 1. The number of H-pyrrole nitrogens is 1. The van der Waals surface area contributed by atoms with Gasteiger partial charge < -0.3 is 15.2 Å². The van der Waals surface area contributed by atoms with Crippen LogP contribution in [0.15, 0.2) is 36.4 Å². The average molecular weight is 421 g/mol. The van der Waals surface area contributed by atoms with Gasteiger partial charge in [0.05, 0.1) is 41.9 Å². The Labute approximate surface area is 181 Å². The molecule has 2 aromatic carbocycles. The lowest BCUT2D eigenvalue weighted by Crippen LogP contribution is -2.41. The maximum atomic E-state index is 12.9. The van der Waals surface area contributed by atoms with E-state index in [9.17, 15) is 14.7 Å². The predicted molar refractivity (Wildman–Crippen MR) is 121 cm³/mol. The van der Waals surface area contributed by atoms with Crippen LogP contribution in [0.3, 0.4) is 0 Å². The van der Waals surface area contributed by atoms with Crippen molar-refractivity contribution in [2.24, 2.45) is 5.92 Å². The number of hydrogen-bond donors (Lipinski definition) is 3. The van der Waals surface area contributed by atoms with Gasteiger partial charge in [-0.3, -0.25) is 14.7 Å². The number of aromatic amines is 1. The maximum absolute atomic E-state index is 12.9. The Bertz CT molecular complexity index is 1130. The van der Waals surface area contributed by atoms with Crippen molar-refractivity contribution in [2.45, 2.75) is 26.8 Å². The Morgan fingerprint density at radius 1 is 1.23 bits per heavy atom. The van der Waals surface area contributed by atoms with Crippen LogP contribution < -0.4 is 10.1 Å². The van der Waals surface area contributed by atoms with E-state index in [1.807, 2.05) is 44.2 Å². The van der Waals surface area contributed by atoms with Crippen LogP contribution in [-0.4, -0.2) is 46.8 Å². The standard InChI is InChI=1S/C24H27N3O4/c1-14(2)21(13-28)25-24(30)18-9-11-20-22(23(18)31-4)19(26-27-20)10-8-16-6-5-7-17(12-16)15(3)29/h5-12,14,21,28H,13H2,1-4H3,(H,25,30)(H,26,27). The van der Waals surface area contributed by atoms with Crippen molar-refractivity contribution < 1.29 is 19.4 Å². The van der Waals surface area contributed by atoms with Gasteiger partial charge in [-0.2, -0.15) is 5.10 Å². The van der Waals surface area contributed by atoms with Gasteiger partial charge >= 0.3 is 0 Å². The number of carbonyl (C=O) groups excluding carboxylic acids is 2. The minimum absolute atomic E-state index is 0.000346. The fourth-order valence-corrected chi connectivity index (χ4v) is 3.32. The molecule has 1 unspecified atom stereocenters. The highest BCUT2D eigenvalue weighted by atomic mass is 16.5. The van der Waals surface area contributed by atoms with Crippen LogP contribution in [0.25, 0.3) is 23.1 Å². The predicted octanol–water partition coefficient (Wildman–Crippen LogP) is 3.69.